The minimum atomic E-state index is -0.851. The first-order valence-corrected chi connectivity index (χ1v) is 4.88. The van der Waals surface area contributed by atoms with Gasteiger partial charge in [-0.3, -0.25) is 10.1 Å². The van der Waals surface area contributed by atoms with Crippen molar-refractivity contribution in [1.82, 2.24) is 5.32 Å². The normalized spacial score (nSPS) is 24.6. The van der Waals surface area contributed by atoms with E-state index >= 15 is 0 Å². The molecule has 1 heterocycles. The van der Waals surface area contributed by atoms with E-state index in [1.165, 1.54) is 0 Å². The van der Waals surface area contributed by atoms with Crippen molar-refractivity contribution in [2.45, 2.75) is 25.4 Å². The van der Waals surface area contributed by atoms with Gasteiger partial charge in [-0.15, -0.1) is 0 Å². The maximum Gasteiger partial charge on any atom is 0.321 e. The highest BCUT2D eigenvalue weighted by Crippen LogP contribution is 2.27. The Balaban J connectivity index is 2.37. The number of benzene rings is 1. The molecule has 4 nitrogen and oxygen atoms in total. The highest BCUT2D eigenvalue weighted by molar-refractivity contribution is 5.74. The number of rotatable bonds is 1. The molecule has 0 unspecified atom stereocenters. The monoisotopic (exact) mass is 207 g/mol. The fraction of sp³-hybridized carbons (Fsp3) is 0.364. The molecule has 2 rings (SSSR count). The Bertz CT molecular complexity index is 403. The Morgan fingerprint density at radius 1 is 1.53 bits per heavy atom. The van der Waals surface area contributed by atoms with Gasteiger partial charge in [-0.05, 0) is 36.6 Å². The summed E-state index contributed by atoms with van der Waals surface area (Å²) in [4.78, 5) is 10.9. The first kappa shape index (κ1) is 9.98. The molecule has 1 aromatic rings. The highest BCUT2D eigenvalue weighted by atomic mass is 16.4. The first-order valence-electron chi connectivity index (χ1n) is 4.88. The summed E-state index contributed by atoms with van der Waals surface area (Å²) < 4.78 is 0. The Hall–Kier alpha value is -1.55. The third-order valence-corrected chi connectivity index (χ3v) is 2.77. The second-order valence-electron chi connectivity index (χ2n) is 3.87. The van der Waals surface area contributed by atoms with Crippen LogP contribution in [0.15, 0.2) is 18.2 Å². The lowest BCUT2D eigenvalue weighted by molar-refractivity contribution is -0.139. The van der Waals surface area contributed by atoms with Crippen LogP contribution in [0, 0.1) is 0 Å². The minimum absolute atomic E-state index is 0.00968. The summed E-state index contributed by atoms with van der Waals surface area (Å²) in [6.45, 7) is 1.92. The van der Waals surface area contributed by atoms with Crippen LogP contribution in [0.4, 0.5) is 0 Å². The van der Waals surface area contributed by atoms with E-state index in [1.807, 2.05) is 13.0 Å². The summed E-state index contributed by atoms with van der Waals surface area (Å²) >= 11 is 0. The van der Waals surface area contributed by atoms with Crippen molar-refractivity contribution in [2.75, 3.05) is 0 Å². The van der Waals surface area contributed by atoms with E-state index in [1.54, 1.807) is 12.1 Å². The lowest BCUT2D eigenvalue weighted by atomic mass is 9.91. The van der Waals surface area contributed by atoms with E-state index in [4.69, 9.17) is 5.11 Å². The molecule has 0 saturated carbocycles. The number of hydrogen-bond acceptors (Lipinski definition) is 3. The number of carboxylic acid groups (broad SMARTS) is 1. The fourth-order valence-corrected chi connectivity index (χ4v) is 2.02. The zero-order valence-corrected chi connectivity index (χ0v) is 8.40. The van der Waals surface area contributed by atoms with Crippen LogP contribution in [0.3, 0.4) is 0 Å². The van der Waals surface area contributed by atoms with Crippen molar-refractivity contribution in [2.24, 2.45) is 0 Å². The van der Waals surface area contributed by atoms with Crippen LogP contribution < -0.4 is 5.32 Å². The minimum Gasteiger partial charge on any atom is -0.508 e. The molecular formula is C11H13NO3. The topological polar surface area (TPSA) is 69.6 Å². The van der Waals surface area contributed by atoms with Gasteiger partial charge in [0.1, 0.15) is 11.8 Å². The summed E-state index contributed by atoms with van der Waals surface area (Å²) in [5.41, 5.74) is 1.97. The Kier molecular flexibility index (Phi) is 2.36. The zero-order valence-electron chi connectivity index (χ0n) is 8.40. The van der Waals surface area contributed by atoms with Crippen molar-refractivity contribution in [1.29, 1.82) is 0 Å². The second-order valence-corrected chi connectivity index (χ2v) is 3.87. The molecular weight excluding hydrogens is 194 g/mol. The molecule has 1 aliphatic rings. The average Bonchev–Trinajstić information content (AvgIpc) is 2.16. The van der Waals surface area contributed by atoms with Crippen LogP contribution in [0.25, 0.3) is 0 Å². The third kappa shape index (κ3) is 1.80. The molecule has 1 aromatic carbocycles. The third-order valence-electron chi connectivity index (χ3n) is 2.77. The fourth-order valence-electron chi connectivity index (χ4n) is 2.02. The average molecular weight is 207 g/mol. The van der Waals surface area contributed by atoms with Gasteiger partial charge in [0, 0.05) is 6.04 Å². The lowest BCUT2D eigenvalue weighted by Crippen LogP contribution is -2.43. The van der Waals surface area contributed by atoms with Gasteiger partial charge in [-0.25, -0.2) is 0 Å². The van der Waals surface area contributed by atoms with E-state index in [0.29, 0.717) is 6.42 Å². The Labute approximate surface area is 87.6 Å². The summed E-state index contributed by atoms with van der Waals surface area (Å²) in [5.74, 6) is -0.664. The molecule has 3 N–H and O–H groups in total. The van der Waals surface area contributed by atoms with Gasteiger partial charge in [0.2, 0.25) is 0 Å². The molecule has 0 aliphatic carbocycles. The smallest absolute Gasteiger partial charge is 0.321 e. The Morgan fingerprint density at radius 2 is 2.27 bits per heavy atom. The number of aromatic hydroxyl groups is 1. The van der Waals surface area contributed by atoms with Crippen molar-refractivity contribution < 1.29 is 15.0 Å². The molecule has 0 spiro atoms. The molecule has 4 heteroatoms. The number of nitrogens with one attached hydrogen (secondary N) is 1. The van der Waals surface area contributed by atoms with Gasteiger partial charge in [0.25, 0.3) is 0 Å². The predicted molar refractivity (Wildman–Crippen MR) is 54.8 cm³/mol. The van der Waals surface area contributed by atoms with E-state index < -0.39 is 12.0 Å². The van der Waals surface area contributed by atoms with Crippen LogP contribution in [0.2, 0.25) is 0 Å². The van der Waals surface area contributed by atoms with E-state index in [0.717, 1.165) is 11.1 Å². The first-order chi connectivity index (χ1) is 7.08. The second kappa shape index (κ2) is 3.55. The van der Waals surface area contributed by atoms with Crippen molar-refractivity contribution >= 4 is 5.97 Å². The number of hydrogen-bond donors (Lipinski definition) is 3. The van der Waals surface area contributed by atoms with E-state index in [9.17, 15) is 9.90 Å². The van der Waals surface area contributed by atoms with E-state index in [2.05, 4.69) is 5.32 Å². The van der Waals surface area contributed by atoms with Gasteiger partial charge in [0.05, 0.1) is 0 Å². The van der Waals surface area contributed by atoms with Crippen LogP contribution in [0.5, 0.6) is 5.75 Å². The van der Waals surface area contributed by atoms with Crippen LogP contribution >= 0.6 is 0 Å². The number of phenolic OH excluding ortho intramolecular Hbond substituents is 1. The number of phenols is 1. The number of carbonyl (C=O) groups is 1. The lowest BCUT2D eigenvalue weighted by Gasteiger charge is -2.28. The maximum absolute atomic E-state index is 10.9. The zero-order chi connectivity index (χ0) is 11.0. The van der Waals surface area contributed by atoms with E-state index in [-0.39, 0.29) is 11.8 Å². The number of aliphatic carboxylic acids is 1. The molecule has 0 radical (unpaired) electrons. The van der Waals surface area contributed by atoms with Gasteiger partial charge in [0.15, 0.2) is 0 Å². The molecule has 0 bridgehead atoms. The van der Waals surface area contributed by atoms with Crippen molar-refractivity contribution in [3.63, 3.8) is 0 Å². The number of fused-ring (bicyclic) bond motifs is 1. The SMILES string of the molecule is C[C@@H]1N[C@@H](C(=O)O)Cc2cc(O)ccc21. The van der Waals surface area contributed by atoms with Crippen LogP contribution in [-0.2, 0) is 11.2 Å². The molecule has 0 amide bonds. The summed E-state index contributed by atoms with van der Waals surface area (Å²) in [7, 11) is 0. The summed E-state index contributed by atoms with van der Waals surface area (Å²) in [6.07, 6.45) is 0.420. The molecule has 0 saturated heterocycles. The van der Waals surface area contributed by atoms with Crippen molar-refractivity contribution in [3.8, 4) is 5.75 Å². The highest BCUT2D eigenvalue weighted by Gasteiger charge is 2.27. The van der Waals surface area contributed by atoms with Crippen LogP contribution in [-0.4, -0.2) is 22.2 Å². The van der Waals surface area contributed by atoms with Gasteiger partial charge >= 0.3 is 5.97 Å². The maximum atomic E-state index is 10.9. The van der Waals surface area contributed by atoms with Gasteiger partial charge in [-0.1, -0.05) is 6.07 Å². The molecule has 15 heavy (non-hydrogen) atoms. The molecule has 0 aromatic heterocycles. The molecule has 80 valence electrons. The van der Waals surface area contributed by atoms with Gasteiger partial charge < -0.3 is 10.2 Å². The predicted octanol–water partition coefficient (Wildman–Crippen LogP) is 1.05. The molecule has 0 fully saturated rings. The largest absolute Gasteiger partial charge is 0.508 e. The Morgan fingerprint density at radius 3 is 2.93 bits per heavy atom. The standard InChI is InChI=1S/C11H13NO3/c1-6-9-3-2-8(13)4-7(9)5-10(12-6)11(14)15/h2-4,6,10,12-13H,5H2,1H3,(H,14,15)/t6-,10+/m0/s1. The van der Waals surface area contributed by atoms with Gasteiger partial charge in [-0.2, -0.15) is 0 Å². The van der Waals surface area contributed by atoms with Crippen molar-refractivity contribution in [3.05, 3.63) is 29.3 Å². The molecule has 1 aliphatic heterocycles. The van der Waals surface area contributed by atoms with Crippen LogP contribution in [0.1, 0.15) is 24.1 Å². The summed E-state index contributed by atoms with van der Waals surface area (Å²) in [5, 5.41) is 21.3. The molecule has 2 atom stereocenters. The summed E-state index contributed by atoms with van der Waals surface area (Å²) in [6, 6.07) is 4.55. The number of carboxylic acids is 1. The quantitative estimate of drug-likeness (QED) is 0.643.